The second-order valence-corrected chi connectivity index (χ2v) is 9.32. The Morgan fingerprint density at radius 2 is 1.80 bits per heavy atom. The highest BCUT2D eigenvalue weighted by Gasteiger charge is 2.47. The van der Waals surface area contributed by atoms with Gasteiger partial charge in [-0.3, -0.25) is 4.79 Å². The Kier molecular flexibility index (Phi) is 4.86. The maximum atomic E-state index is 13.0. The van der Waals surface area contributed by atoms with E-state index in [1.54, 1.807) is 29.2 Å². The summed E-state index contributed by atoms with van der Waals surface area (Å²) in [4.78, 5) is 26.2. The highest BCUT2D eigenvalue weighted by Crippen LogP contribution is 2.40. The van der Waals surface area contributed by atoms with Crippen molar-refractivity contribution < 1.29 is 23.1 Å². The van der Waals surface area contributed by atoms with E-state index >= 15 is 0 Å². The van der Waals surface area contributed by atoms with Crippen LogP contribution < -0.4 is 0 Å². The molecule has 1 saturated heterocycles. The molecule has 1 aliphatic heterocycles. The fraction of sp³-hybridized carbons (Fsp3) is 0.556. The van der Waals surface area contributed by atoms with Gasteiger partial charge in [-0.15, -0.1) is 0 Å². The Morgan fingerprint density at radius 3 is 2.40 bits per heavy atom. The lowest BCUT2D eigenvalue weighted by atomic mass is 9.84. The molecule has 6 nitrogen and oxygen atoms in total. The first kappa shape index (κ1) is 17.9. The van der Waals surface area contributed by atoms with Crippen LogP contribution in [0.15, 0.2) is 24.3 Å². The van der Waals surface area contributed by atoms with Crippen molar-refractivity contribution in [3.63, 3.8) is 0 Å². The van der Waals surface area contributed by atoms with Crippen molar-refractivity contribution in [3.05, 3.63) is 35.4 Å². The Labute approximate surface area is 147 Å². The second kappa shape index (κ2) is 6.78. The van der Waals surface area contributed by atoms with Crippen molar-refractivity contribution in [3.8, 4) is 0 Å². The van der Waals surface area contributed by atoms with E-state index in [0.29, 0.717) is 17.5 Å². The zero-order chi connectivity index (χ0) is 18.2. The van der Waals surface area contributed by atoms with E-state index in [-0.39, 0.29) is 23.6 Å². The van der Waals surface area contributed by atoms with Gasteiger partial charge < -0.3 is 10.0 Å². The zero-order valence-electron chi connectivity index (χ0n) is 14.2. The van der Waals surface area contributed by atoms with E-state index in [1.807, 2.05) is 0 Å². The number of benzene rings is 1. The number of carboxylic acids is 1. The van der Waals surface area contributed by atoms with E-state index in [2.05, 4.69) is 0 Å². The number of carbonyl (C=O) groups is 2. The summed E-state index contributed by atoms with van der Waals surface area (Å²) >= 11 is 0. The highest BCUT2D eigenvalue weighted by molar-refractivity contribution is 7.89. The second-order valence-electron chi connectivity index (χ2n) is 7.18. The largest absolute Gasteiger partial charge is 0.480 e. The maximum absolute atomic E-state index is 13.0. The smallest absolute Gasteiger partial charge is 0.326 e. The van der Waals surface area contributed by atoms with Crippen molar-refractivity contribution in [1.82, 2.24) is 4.90 Å². The minimum absolute atomic E-state index is 0.00181. The molecule has 3 rings (SSSR count). The van der Waals surface area contributed by atoms with Crippen LogP contribution in [0.4, 0.5) is 0 Å². The van der Waals surface area contributed by atoms with E-state index < -0.39 is 21.8 Å². The van der Waals surface area contributed by atoms with Gasteiger partial charge in [0, 0.05) is 17.9 Å². The number of aliphatic carboxylic acids is 1. The minimum Gasteiger partial charge on any atom is -0.480 e. The number of likely N-dealkylation sites (tertiary alicyclic amines) is 1. The number of amides is 1. The molecular weight excluding hydrogens is 342 g/mol. The molecule has 0 spiro atoms. The third-order valence-corrected chi connectivity index (χ3v) is 6.10. The lowest BCUT2D eigenvalue weighted by molar-refractivity contribution is -0.141. The summed E-state index contributed by atoms with van der Waals surface area (Å²) in [6, 6.07) is 5.67. The predicted molar refractivity (Wildman–Crippen MR) is 92.9 cm³/mol. The van der Waals surface area contributed by atoms with Gasteiger partial charge in [-0.1, -0.05) is 25.0 Å². The van der Waals surface area contributed by atoms with Crippen LogP contribution in [-0.2, 0) is 20.4 Å². The van der Waals surface area contributed by atoms with Gasteiger partial charge in [0.25, 0.3) is 5.91 Å². The molecule has 2 aliphatic rings. The monoisotopic (exact) mass is 365 g/mol. The third kappa shape index (κ3) is 3.86. The fourth-order valence-electron chi connectivity index (χ4n) is 4.17. The number of fused-ring (bicyclic) bond motifs is 1. The fourth-order valence-corrected chi connectivity index (χ4v) is 4.97. The van der Waals surface area contributed by atoms with Crippen molar-refractivity contribution in [2.75, 3.05) is 6.26 Å². The Balaban J connectivity index is 1.83. The molecule has 1 aromatic carbocycles. The van der Waals surface area contributed by atoms with Gasteiger partial charge in [-0.25, -0.2) is 13.2 Å². The summed E-state index contributed by atoms with van der Waals surface area (Å²) in [7, 11) is -3.13. The molecule has 136 valence electrons. The molecule has 1 N–H and O–H groups in total. The summed E-state index contributed by atoms with van der Waals surface area (Å²) in [5.74, 6) is -1.03. The average molecular weight is 365 g/mol. The van der Waals surface area contributed by atoms with Crippen molar-refractivity contribution >= 4 is 21.7 Å². The van der Waals surface area contributed by atoms with Crippen LogP contribution in [0.1, 0.15) is 48.0 Å². The van der Waals surface area contributed by atoms with Crippen LogP contribution >= 0.6 is 0 Å². The van der Waals surface area contributed by atoms with Crippen molar-refractivity contribution in [2.24, 2.45) is 5.92 Å². The number of nitrogens with zero attached hydrogens (tertiary/aromatic N) is 1. The standard InChI is InChI=1S/C18H23NO5S/c1-25(23,24)11-12-6-8-13(9-7-12)17(20)19-15-5-3-2-4-14(15)10-16(19)18(21)22/h6-9,14-16H,2-5,10-11H2,1H3,(H,21,22)/t14-,15+,16-/m0/s1. The van der Waals surface area contributed by atoms with Gasteiger partial charge in [0.05, 0.1) is 5.75 Å². The van der Waals surface area contributed by atoms with E-state index in [4.69, 9.17) is 0 Å². The van der Waals surface area contributed by atoms with Crippen LogP contribution in [0.2, 0.25) is 0 Å². The maximum Gasteiger partial charge on any atom is 0.326 e. The lowest BCUT2D eigenvalue weighted by Gasteiger charge is -2.33. The molecule has 1 aromatic rings. The number of hydrogen-bond donors (Lipinski definition) is 1. The van der Waals surface area contributed by atoms with Crippen LogP contribution in [-0.4, -0.2) is 48.6 Å². The van der Waals surface area contributed by atoms with Gasteiger partial charge in [0.15, 0.2) is 9.84 Å². The van der Waals surface area contributed by atoms with Crippen molar-refractivity contribution in [1.29, 1.82) is 0 Å². The zero-order valence-corrected chi connectivity index (χ0v) is 15.0. The van der Waals surface area contributed by atoms with Gasteiger partial charge in [-0.05, 0) is 42.9 Å². The molecule has 0 unspecified atom stereocenters. The van der Waals surface area contributed by atoms with Crippen LogP contribution in [0.5, 0.6) is 0 Å². The SMILES string of the molecule is CS(=O)(=O)Cc1ccc(C(=O)N2[C@@H]3CCCC[C@H]3C[C@H]2C(=O)O)cc1. The van der Waals surface area contributed by atoms with Crippen LogP contribution in [0.3, 0.4) is 0 Å². The molecule has 0 radical (unpaired) electrons. The van der Waals surface area contributed by atoms with Crippen LogP contribution in [0, 0.1) is 5.92 Å². The lowest BCUT2D eigenvalue weighted by Crippen LogP contribution is -2.46. The molecule has 0 aromatic heterocycles. The first-order chi connectivity index (χ1) is 11.8. The van der Waals surface area contributed by atoms with Crippen molar-refractivity contribution in [2.45, 2.75) is 49.9 Å². The summed E-state index contributed by atoms with van der Waals surface area (Å²) in [5.41, 5.74) is 1.03. The molecule has 1 aliphatic carbocycles. The summed E-state index contributed by atoms with van der Waals surface area (Å²) in [5, 5.41) is 9.54. The van der Waals surface area contributed by atoms with E-state index in [1.165, 1.54) is 0 Å². The summed E-state index contributed by atoms with van der Waals surface area (Å²) in [6.45, 7) is 0. The number of carboxylic acid groups (broad SMARTS) is 1. The summed E-state index contributed by atoms with van der Waals surface area (Å²) < 4.78 is 22.7. The van der Waals surface area contributed by atoms with Gasteiger partial charge in [0.2, 0.25) is 0 Å². The molecule has 0 bridgehead atoms. The number of sulfone groups is 1. The van der Waals surface area contributed by atoms with Gasteiger partial charge >= 0.3 is 5.97 Å². The molecule has 1 amide bonds. The first-order valence-corrected chi connectivity index (χ1v) is 10.6. The summed E-state index contributed by atoms with van der Waals surface area (Å²) in [6.07, 6.45) is 5.63. The van der Waals surface area contributed by atoms with Gasteiger partial charge in [0.1, 0.15) is 6.04 Å². The third-order valence-electron chi connectivity index (χ3n) is 5.24. The molecule has 2 fully saturated rings. The number of carbonyl (C=O) groups excluding carboxylic acids is 1. The topological polar surface area (TPSA) is 91.8 Å². The first-order valence-electron chi connectivity index (χ1n) is 8.58. The van der Waals surface area contributed by atoms with E-state index in [0.717, 1.165) is 31.9 Å². The molecule has 3 atom stereocenters. The quantitative estimate of drug-likeness (QED) is 0.882. The van der Waals surface area contributed by atoms with Crippen LogP contribution in [0.25, 0.3) is 0 Å². The Hall–Kier alpha value is -1.89. The molecule has 1 heterocycles. The normalized spacial score (nSPS) is 26.3. The predicted octanol–water partition coefficient (Wildman–Crippen LogP) is 2.09. The molecule has 7 heteroatoms. The Bertz CT molecular complexity index is 771. The number of rotatable bonds is 4. The van der Waals surface area contributed by atoms with Gasteiger partial charge in [-0.2, -0.15) is 0 Å². The molecular formula is C18H23NO5S. The minimum atomic E-state index is -3.13. The molecule has 1 saturated carbocycles. The highest BCUT2D eigenvalue weighted by atomic mass is 32.2. The number of hydrogen-bond acceptors (Lipinski definition) is 4. The van der Waals surface area contributed by atoms with E-state index in [9.17, 15) is 23.1 Å². The Morgan fingerprint density at radius 1 is 1.16 bits per heavy atom. The molecule has 25 heavy (non-hydrogen) atoms. The average Bonchev–Trinajstić information content (AvgIpc) is 2.93.